The molecule has 0 amide bonds. The lowest BCUT2D eigenvalue weighted by molar-refractivity contribution is 0.433. The Morgan fingerprint density at radius 3 is 2.95 bits per heavy atom. The molecule has 19 heavy (non-hydrogen) atoms. The number of hydrogen-bond acceptors (Lipinski definition) is 3. The van der Waals surface area contributed by atoms with Crippen LogP contribution in [0.3, 0.4) is 0 Å². The van der Waals surface area contributed by atoms with E-state index < -0.39 is 0 Å². The number of nitrogens with zero attached hydrogens (tertiary/aromatic N) is 3. The van der Waals surface area contributed by atoms with Gasteiger partial charge in [0.25, 0.3) is 0 Å². The summed E-state index contributed by atoms with van der Waals surface area (Å²) in [6.45, 7) is 2.04. The molecular formula is C14H15N5. The summed E-state index contributed by atoms with van der Waals surface area (Å²) in [5.41, 5.74) is 4.36. The Hall–Kier alpha value is -2.14. The molecule has 0 bridgehead atoms. The molecule has 0 atom stereocenters. The summed E-state index contributed by atoms with van der Waals surface area (Å²) in [6, 6.07) is 6.31. The van der Waals surface area contributed by atoms with Crippen LogP contribution in [0.4, 0.5) is 0 Å². The van der Waals surface area contributed by atoms with E-state index in [9.17, 15) is 0 Å². The molecule has 1 aliphatic rings. The predicted octanol–water partition coefficient (Wildman–Crippen LogP) is 1.65. The third kappa shape index (κ3) is 1.66. The molecule has 0 aliphatic carbocycles. The molecule has 2 N–H and O–H groups in total. The highest BCUT2D eigenvalue weighted by Crippen LogP contribution is 2.24. The molecule has 4 rings (SSSR count). The van der Waals surface area contributed by atoms with E-state index in [1.165, 1.54) is 0 Å². The average molecular weight is 253 g/mol. The van der Waals surface area contributed by atoms with Gasteiger partial charge in [-0.05, 0) is 12.1 Å². The third-order valence-electron chi connectivity index (χ3n) is 3.80. The maximum atomic E-state index is 4.48. The fourth-order valence-electron chi connectivity index (χ4n) is 2.48. The number of aromatic nitrogens is 4. The zero-order valence-electron chi connectivity index (χ0n) is 10.7. The summed E-state index contributed by atoms with van der Waals surface area (Å²) >= 11 is 0. The lowest BCUT2D eigenvalue weighted by Gasteiger charge is -2.24. The number of aromatic amines is 1. The van der Waals surface area contributed by atoms with Crippen molar-refractivity contribution in [2.75, 3.05) is 13.1 Å². The van der Waals surface area contributed by atoms with Crippen LogP contribution >= 0.6 is 0 Å². The minimum atomic E-state index is 0.535. The number of aryl methyl sites for hydroxylation is 1. The highest BCUT2D eigenvalue weighted by Gasteiger charge is 2.21. The van der Waals surface area contributed by atoms with Crippen LogP contribution < -0.4 is 5.32 Å². The molecule has 2 aromatic heterocycles. The first-order valence-electron chi connectivity index (χ1n) is 6.48. The molecule has 1 fully saturated rings. The van der Waals surface area contributed by atoms with E-state index >= 15 is 0 Å². The fraction of sp³-hybridized carbons (Fsp3) is 0.286. The molecule has 1 aromatic carbocycles. The second-order valence-corrected chi connectivity index (χ2v) is 5.10. The Morgan fingerprint density at radius 1 is 1.26 bits per heavy atom. The van der Waals surface area contributed by atoms with Gasteiger partial charge in [-0.1, -0.05) is 6.07 Å². The summed E-state index contributed by atoms with van der Waals surface area (Å²) in [5.74, 6) is 1.61. The van der Waals surface area contributed by atoms with E-state index in [-0.39, 0.29) is 0 Å². The first kappa shape index (κ1) is 10.8. The number of H-pyrrole nitrogens is 1. The van der Waals surface area contributed by atoms with Crippen molar-refractivity contribution in [3.8, 4) is 11.3 Å². The average Bonchev–Trinajstić information content (AvgIpc) is 2.95. The Morgan fingerprint density at radius 2 is 2.16 bits per heavy atom. The van der Waals surface area contributed by atoms with Crippen molar-refractivity contribution in [3.05, 3.63) is 36.5 Å². The van der Waals surface area contributed by atoms with Crippen molar-refractivity contribution in [2.45, 2.75) is 5.92 Å². The summed E-state index contributed by atoms with van der Waals surface area (Å²) in [4.78, 5) is 12.3. The van der Waals surface area contributed by atoms with E-state index in [0.717, 1.165) is 41.2 Å². The van der Waals surface area contributed by atoms with Crippen LogP contribution in [0.25, 0.3) is 22.3 Å². The van der Waals surface area contributed by atoms with E-state index in [1.807, 2.05) is 24.1 Å². The van der Waals surface area contributed by atoms with E-state index in [1.54, 1.807) is 0 Å². The second kappa shape index (κ2) is 3.93. The largest absolute Gasteiger partial charge is 0.342 e. The van der Waals surface area contributed by atoms with Crippen molar-refractivity contribution in [1.82, 2.24) is 24.8 Å². The molecule has 1 aliphatic heterocycles. The van der Waals surface area contributed by atoms with E-state index in [0.29, 0.717) is 5.92 Å². The van der Waals surface area contributed by atoms with Gasteiger partial charge >= 0.3 is 0 Å². The number of imidazole rings is 2. The first-order chi connectivity index (χ1) is 9.31. The summed E-state index contributed by atoms with van der Waals surface area (Å²) in [6.07, 6.45) is 3.75. The van der Waals surface area contributed by atoms with Crippen LogP contribution in [0.15, 0.2) is 30.7 Å². The van der Waals surface area contributed by atoms with Crippen LogP contribution in [0.1, 0.15) is 11.7 Å². The van der Waals surface area contributed by atoms with Gasteiger partial charge in [-0.3, -0.25) is 0 Å². The van der Waals surface area contributed by atoms with Crippen molar-refractivity contribution >= 4 is 11.0 Å². The normalized spacial score (nSPS) is 15.8. The molecule has 96 valence electrons. The van der Waals surface area contributed by atoms with Crippen molar-refractivity contribution in [3.63, 3.8) is 0 Å². The SMILES string of the molecule is Cn1cnc2cc(-c3cnc(C4CNC4)[nH]3)ccc21. The van der Waals surface area contributed by atoms with Crippen LogP contribution in [0, 0.1) is 0 Å². The van der Waals surface area contributed by atoms with Crippen molar-refractivity contribution in [2.24, 2.45) is 7.05 Å². The van der Waals surface area contributed by atoms with Gasteiger partial charge in [0.2, 0.25) is 0 Å². The summed E-state index contributed by atoms with van der Waals surface area (Å²) in [5, 5.41) is 3.26. The minimum absolute atomic E-state index is 0.535. The lowest BCUT2D eigenvalue weighted by Crippen LogP contribution is -2.40. The third-order valence-corrected chi connectivity index (χ3v) is 3.80. The standard InChI is InChI=1S/C14H15N5/c1-19-8-17-11-4-9(2-3-13(11)19)12-7-16-14(18-12)10-5-15-6-10/h2-4,7-8,10,15H,5-6H2,1H3,(H,16,18). The van der Waals surface area contributed by atoms with Gasteiger partial charge in [0.1, 0.15) is 5.82 Å². The summed E-state index contributed by atoms with van der Waals surface area (Å²) in [7, 11) is 2.01. The second-order valence-electron chi connectivity index (χ2n) is 5.10. The molecule has 3 aromatic rings. The molecule has 3 heterocycles. The van der Waals surface area contributed by atoms with Gasteiger partial charge in [0.15, 0.2) is 0 Å². The Balaban J connectivity index is 1.74. The zero-order valence-corrected chi connectivity index (χ0v) is 10.7. The molecule has 0 radical (unpaired) electrons. The fourth-order valence-corrected chi connectivity index (χ4v) is 2.48. The summed E-state index contributed by atoms with van der Waals surface area (Å²) < 4.78 is 2.03. The van der Waals surface area contributed by atoms with Crippen LogP contribution in [0.5, 0.6) is 0 Å². The van der Waals surface area contributed by atoms with Gasteiger partial charge in [0, 0.05) is 31.6 Å². The maximum absolute atomic E-state index is 4.48. The van der Waals surface area contributed by atoms with Crippen LogP contribution in [0.2, 0.25) is 0 Å². The molecule has 5 nitrogen and oxygen atoms in total. The smallest absolute Gasteiger partial charge is 0.112 e. The molecule has 0 saturated carbocycles. The van der Waals surface area contributed by atoms with Gasteiger partial charge < -0.3 is 14.9 Å². The molecule has 1 saturated heterocycles. The molecule has 0 unspecified atom stereocenters. The van der Waals surface area contributed by atoms with Crippen molar-refractivity contribution < 1.29 is 0 Å². The topological polar surface area (TPSA) is 58.5 Å². The maximum Gasteiger partial charge on any atom is 0.112 e. The van der Waals surface area contributed by atoms with Gasteiger partial charge in [-0.15, -0.1) is 0 Å². The number of fused-ring (bicyclic) bond motifs is 1. The van der Waals surface area contributed by atoms with Crippen molar-refractivity contribution in [1.29, 1.82) is 0 Å². The first-order valence-corrected chi connectivity index (χ1v) is 6.48. The number of benzene rings is 1. The highest BCUT2D eigenvalue weighted by atomic mass is 15.0. The van der Waals surface area contributed by atoms with E-state index in [4.69, 9.17) is 0 Å². The zero-order chi connectivity index (χ0) is 12.8. The predicted molar refractivity (Wildman–Crippen MR) is 73.9 cm³/mol. The quantitative estimate of drug-likeness (QED) is 0.730. The van der Waals surface area contributed by atoms with Crippen LogP contribution in [-0.4, -0.2) is 32.6 Å². The molecule has 0 spiro atoms. The number of nitrogens with one attached hydrogen (secondary N) is 2. The number of rotatable bonds is 2. The van der Waals surface area contributed by atoms with Gasteiger partial charge in [0.05, 0.1) is 29.3 Å². The Kier molecular flexibility index (Phi) is 2.22. The van der Waals surface area contributed by atoms with Gasteiger partial charge in [-0.2, -0.15) is 0 Å². The van der Waals surface area contributed by atoms with E-state index in [2.05, 4.69) is 38.5 Å². The minimum Gasteiger partial charge on any atom is -0.342 e. The highest BCUT2D eigenvalue weighted by molar-refractivity contribution is 5.81. The lowest BCUT2D eigenvalue weighted by atomic mass is 10.0. The monoisotopic (exact) mass is 253 g/mol. The number of hydrogen-bond donors (Lipinski definition) is 2. The van der Waals surface area contributed by atoms with Crippen LogP contribution in [-0.2, 0) is 7.05 Å². The molecular weight excluding hydrogens is 238 g/mol. The Labute approximate surface area is 110 Å². The Bertz CT molecular complexity index is 735. The molecule has 5 heteroatoms. The van der Waals surface area contributed by atoms with Gasteiger partial charge in [-0.25, -0.2) is 9.97 Å².